The van der Waals surface area contributed by atoms with Crippen LogP contribution < -0.4 is 11.1 Å². The Labute approximate surface area is 129 Å². The number of aryl methyl sites for hydroxylation is 1. The van der Waals surface area contributed by atoms with Gasteiger partial charge in [-0.3, -0.25) is 4.79 Å². The first-order valence-corrected chi connectivity index (χ1v) is 7.64. The predicted octanol–water partition coefficient (Wildman–Crippen LogP) is 2.92. The van der Waals surface area contributed by atoms with Crippen LogP contribution in [0.2, 0.25) is 0 Å². The Morgan fingerprint density at radius 1 is 1.45 bits per heavy atom. The normalized spacial score (nSPS) is 11.9. The van der Waals surface area contributed by atoms with Crippen molar-refractivity contribution in [1.82, 2.24) is 4.98 Å². The highest BCUT2D eigenvalue weighted by Gasteiger charge is 2.13. The van der Waals surface area contributed by atoms with Crippen LogP contribution in [0.15, 0.2) is 24.3 Å². The zero-order valence-electron chi connectivity index (χ0n) is 11.6. The van der Waals surface area contributed by atoms with Gasteiger partial charge in [0.05, 0.1) is 6.04 Å². The summed E-state index contributed by atoms with van der Waals surface area (Å²) in [7, 11) is 0. The molecule has 1 unspecified atom stereocenters. The number of aromatic amines is 1. The quantitative estimate of drug-likeness (QED) is 0.795. The first-order valence-electron chi connectivity index (χ1n) is 6.25. The molecule has 4 nitrogen and oxygen atoms in total. The van der Waals surface area contributed by atoms with Crippen LogP contribution in [0.5, 0.6) is 0 Å². The van der Waals surface area contributed by atoms with Crippen LogP contribution >= 0.6 is 24.2 Å². The van der Waals surface area contributed by atoms with Crippen LogP contribution in [-0.2, 0) is 4.79 Å². The molecule has 0 aliphatic rings. The molecule has 2 rings (SSSR count). The molecule has 1 heterocycles. The van der Waals surface area contributed by atoms with Crippen LogP contribution in [0.4, 0.5) is 5.69 Å². The number of aromatic nitrogens is 1. The maximum Gasteiger partial charge on any atom is 0.241 e. The van der Waals surface area contributed by atoms with Gasteiger partial charge in [-0.2, -0.15) is 11.8 Å². The van der Waals surface area contributed by atoms with Crippen LogP contribution in [-0.4, -0.2) is 28.9 Å². The van der Waals surface area contributed by atoms with Crippen molar-refractivity contribution in [2.24, 2.45) is 5.73 Å². The van der Waals surface area contributed by atoms with Gasteiger partial charge in [-0.25, -0.2) is 0 Å². The summed E-state index contributed by atoms with van der Waals surface area (Å²) in [4.78, 5) is 15.2. The molecule has 1 atom stereocenters. The van der Waals surface area contributed by atoms with E-state index >= 15 is 0 Å². The number of amides is 1. The van der Waals surface area contributed by atoms with Gasteiger partial charge in [-0.05, 0) is 49.6 Å². The first-order chi connectivity index (χ1) is 9.10. The molecule has 1 aromatic heterocycles. The molecule has 2 aromatic rings. The molecule has 0 spiro atoms. The average molecular weight is 314 g/mol. The number of halogens is 1. The number of nitrogens with two attached hydrogens (primary N) is 1. The summed E-state index contributed by atoms with van der Waals surface area (Å²) in [6.07, 6.45) is 2.70. The third kappa shape index (κ3) is 4.16. The summed E-state index contributed by atoms with van der Waals surface area (Å²) in [6, 6.07) is 7.41. The van der Waals surface area contributed by atoms with E-state index in [4.69, 9.17) is 5.73 Å². The fraction of sp³-hybridized carbons (Fsp3) is 0.357. The van der Waals surface area contributed by atoms with Crippen molar-refractivity contribution in [2.75, 3.05) is 17.3 Å². The molecule has 0 aliphatic heterocycles. The third-order valence-electron chi connectivity index (χ3n) is 2.99. The molecule has 1 amide bonds. The minimum Gasteiger partial charge on any atom is -0.359 e. The van der Waals surface area contributed by atoms with Crippen LogP contribution in [0.3, 0.4) is 0 Å². The first kappa shape index (κ1) is 16.9. The lowest BCUT2D eigenvalue weighted by Gasteiger charge is -2.11. The van der Waals surface area contributed by atoms with E-state index in [0.717, 1.165) is 28.0 Å². The highest BCUT2D eigenvalue weighted by molar-refractivity contribution is 7.98. The minimum atomic E-state index is -0.448. The monoisotopic (exact) mass is 313 g/mol. The summed E-state index contributed by atoms with van der Waals surface area (Å²) < 4.78 is 0. The second-order valence-electron chi connectivity index (χ2n) is 4.63. The van der Waals surface area contributed by atoms with Crippen LogP contribution in [0.25, 0.3) is 10.9 Å². The number of hydrogen-bond donors (Lipinski definition) is 3. The Morgan fingerprint density at radius 2 is 2.20 bits per heavy atom. The summed E-state index contributed by atoms with van der Waals surface area (Å²) in [6.45, 7) is 2.01. The number of benzene rings is 1. The molecule has 0 saturated heterocycles. The highest BCUT2D eigenvalue weighted by Crippen LogP contribution is 2.20. The second kappa shape index (κ2) is 7.57. The molecule has 4 N–H and O–H groups in total. The minimum absolute atomic E-state index is 0. The topological polar surface area (TPSA) is 70.9 Å². The van der Waals surface area contributed by atoms with E-state index in [9.17, 15) is 4.79 Å². The van der Waals surface area contributed by atoms with E-state index < -0.39 is 6.04 Å². The number of carbonyl (C=O) groups is 1. The molecule has 1 aromatic carbocycles. The number of anilines is 1. The van der Waals surface area contributed by atoms with Gasteiger partial charge >= 0.3 is 0 Å². The smallest absolute Gasteiger partial charge is 0.241 e. The number of carbonyl (C=O) groups excluding carboxylic acids is 1. The third-order valence-corrected chi connectivity index (χ3v) is 3.64. The van der Waals surface area contributed by atoms with Gasteiger partial charge in [0, 0.05) is 22.3 Å². The van der Waals surface area contributed by atoms with Crippen molar-refractivity contribution >= 4 is 46.7 Å². The van der Waals surface area contributed by atoms with Crippen molar-refractivity contribution in [3.63, 3.8) is 0 Å². The van der Waals surface area contributed by atoms with Gasteiger partial charge in [-0.1, -0.05) is 0 Å². The van der Waals surface area contributed by atoms with Gasteiger partial charge < -0.3 is 16.0 Å². The number of H-pyrrole nitrogens is 1. The Morgan fingerprint density at radius 3 is 2.90 bits per heavy atom. The fourth-order valence-electron chi connectivity index (χ4n) is 1.97. The van der Waals surface area contributed by atoms with Crippen LogP contribution in [0, 0.1) is 6.92 Å². The molecule has 0 aliphatic carbocycles. The molecule has 0 saturated carbocycles. The van der Waals surface area contributed by atoms with Crippen molar-refractivity contribution in [2.45, 2.75) is 19.4 Å². The molecule has 0 fully saturated rings. The molecule has 6 heteroatoms. The van der Waals surface area contributed by atoms with E-state index in [-0.39, 0.29) is 18.3 Å². The van der Waals surface area contributed by atoms with Gasteiger partial charge in [-0.15, -0.1) is 12.4 Å². The number of rotatable bonds is 5. The van der Waals surface area contributed by atoms with Gasteiger partial charge in [0.2, 0.25) is 5.91 Å². The lowest BCUT2D eigenvalue weighted by Crippen LogP contribution is -2.36. The van der Waals surface area contributed by atoms with Gasteiger partial charge in [0.15, 0.2) is 0 Å². The van der Waals surface area contributed by atoms with Crippen molar-refractivity contribution in [3.8, 4) is 0 Å². The number of nitrogens with one attached hydrogen (secondary N) is 2. The SMILES string of the molecule is CSCCC(N)C(=O)Nc1ccc2[nH]c(C)cc2c1.Cl. The maximum atomic E-state index is 11.9. The summed E-state index contributed by atoms with van der Waals surface area (Å²) in [5.41, 5.74) is 8.80. The van der Waals surface area contributed by atoms with E-state index in [0.29, 0.717) is 6.42 Å². The van der Waals surface area contributed by atoms with E-state index in [1.807, 2.05) is 31.4 Å². The molecular weight excluding hydrogens is 294 g/mol. The highest BCUT2D eigenvalue weighted by atomic mass is 35.5. The van der Waals surface area contributed by atoms with Crippen molar-refractivity contribution in [3.05, 3.63) is 30.0 Å². The van der Waals surface area contributed by atoms with E-state index in [1.54, 1.807) is 11.8 Å². The van der Waals surface area contributed by atoms with Crippen molar-refractivity contribution in [1.29, 1.82) is 0 Å². The zero-order valence-corrected chi connectivity index (χ0v) is 13.2. The van der Waals surface area contributed by atoms with E-state index in [1.165, 1.54) is 0 Å². The largest absolute Gasteiger partial charge is 0.359 e. The summed E-state index contributed by atoms with van der Waals surface area (Å²) in [5.74, 6) is 0.769. The maximum absolute atomic E-state index is 11.9. The predicted molar refractivity (Wildman–Crippen MR) is 89.9 cm³/mol. The molecule has 0 radical (unpaired) electrons. The van der Waals surface area contributed by atoms with Crippen LogP contribution in [0.1, 0.15) is 12.1 Å². The zero-order chi connectivity index (χ0) is 13.8. The lowest BCUT2D eigenvalue weighted by molar-refractivity contribution is -0.117. The fourth-order valence-corrected chi connectivity index (χ4v) is 2.46. The Kier molecular flexibility index (Phi) is 6.39. The standard InChI is InChI=1S/C14H19N3OS.ClH/c1-9-7-10-8-11(3-4-13(10)16-9)17-14(18)12(15)5-6-19-2;/h3-4,7-8,12,16H,5-6,15H2,1-2H3,(H,17,18);1H. The Balaban J connectivity index is 0.00000200. The van der Waals surface area contributed by atoms with Crippen molar-refractivity contribution < 1.29 is 4.79 Å². The van der Waals surface area contributed by atoms with E-state index in [2.05, 4.69) is 16.4 Å². The number of fused-ring (bicyclic) bond motifs is 1. The number of hydrogen-bond acceptors (Lipinski definition) is 3. The molecule has 0 bridgehead atoms. The Bertz CT molecular complexity index is 585. The number of thioether (sulfide) groups is 1. The van der Waals surface area contributed by atoms with Gasteiger partial charge in [0.25, 0.3) is 0 Å². The average Bonchev–Trinajstić information content (AvgIpc) is 2.75. The molecule has 20 heavy (non-hydrogen) atoms. The van der Waals surface area contributed by atoms with Gasteiger partial charge in [0.1, 0.15) is 0 Å². The second-order valence-corrected chi connectivity index (χ2v) is 5.62. The molecular formula is C14H20ClN3OS. The summed E-state index contributed by atoms with van der Waals surface area (Å²) in [5, 5.41) is 3.96. The summed E-state index contributed by atoms with van der Waals surface area (Å²) >= 11 is 1.69. The molecule has 110 valence electrons. The lowest BCUT2D eigenvalue weighted by atomic mass is 10.2. The Hall–Kier alpha value is -1.17.